The van der Waals surface area contributed by atoms with Crippen molar-refractivity contribution in [2.75, 3.05) is 4.90 Å². The highest BCUT2D eigenvalue weighted by molar-refractivity contribution is 8.19. The van der Waals surface area contributed by atoms with Gasteiger partial charge in [0.1, 0.15) is 0 Å². The minimum absolute atomic E-state index is 0.0458. The van der Waals surface area contributed by atoms with Gasteiger partial charge in [0.2, 0.25) is 0 Å². The predicted molar refractivity (Wildman–Crippen MR) is 149 cm³/mol. The van der Waals surface area contributed by atoms with Gasteiger partial charge in [0.25, 0.3) is 5.91 Å². The second kappa shape index (κ2) is 9.59. The molecule has 1 aromatic heterocycles. The van der Waals surface area contributed by atoms with Gasteiger partial charge in [-0.3, -0.25) is 9.69 Å². The first-order valence-corrected chi connectivity index (χ1v) is 12.9. The maximum atomic E-state index is 13.8. The van der Waals surface area contributed by atoms with Crippen molar-refractivity contribution in [2.24, 2.45) is 12.0 Å². The van der Waals surface area contributed by atoms with Crippen molar-refractivity contribution >= 4 is 51.2 Å². The average Bonchev–Trinajstić information content (AvgIpc) is 3.33. The molecule has 0 bridgehead atoms. The van der Waals surface area contributed by atoms with Crippen molar-refractivity contribution in [1.29, 1.82) is 0 Å². The lowest BCUT2D eigenvalue weighted by atomic mass is 10.1. The van der Waals surface area contributed by atoms with Gasteiger partial charge in [-0.15, -0.1) is 0 Å². The second-order valence-electron chi connectivity index (χ2n) is 8.76. The summed E-state index contributed by atoms with van der Waals surface area (Å²) in [5.74, 6) is -0.0458. The number of benzene rings is 3. The summed E-state index contributed by atoms with van der Waals surface area (Å²) in [6, 6.07) is 24.7. The van der Waals surface area contributed by atoms with Crippen molar-refractivity contribution in [3.63, 3.8) is 0 Å². The van der Waals surface area contributed by atoms with Crippen LogP contribution >= 0.6 is 11.8 Å². The van der Waals surface area contributed by atoms with E-state index in [0.29, 0.717) is 10.1 Å². The summed E-state index contributed by atoms with van der Waals surface area (Å²) >= 11 is 1.44. The molecule has 1 aliphatic rings. The standard InChI is InChI=1S/C30H29N3OS/c1-5-21-11-15-23(16-12-21)31-30-33(24-17-13-22(6-2)14-18-24)29(34)28(35-30)19-26-20(3)32(4)27-10-8-7-9-25(26)27/h7-19H,5-6H2,1-4H3/b28-19-,31-30?. The number of nitrogens with zero attached hydrogens (tertiary/aromatic N) is 3. The van der Waals surface area contributed by atoms with Crippen LogP contribution in [0.4, 0.5) is 11.4 Å². The zero-order valence-electron chi connectivity index (χ0n) is 20.6. The van der Waals surface area contributed by atoms with E-state index in [1.165, 1.54) is 22.9 Å². The third kappa shape index (κ3) is 4.32. The summed E-state index contributed by atoms with van der Waals surface area (Å²) in [6.07, 6.45) is 3.97. The van der Waals surface area contributed by atoms with E-state index in [-0.39, 0.29) is 5.91 Å². The highest BCUT2D eigenvalue weighted by atomic mass is 32.2. The van der Waals surface area contributed by atoms with E-state index < -0.39 is 0 Å². The van der Waals surface area contributed by atoms with Gasteiger partial charge >= 0.3 is 0 Å². The van der Waals surface area contributed by atoms with Gasteiger partial charge in [-0.25, -0.2) is 4.99 Å². The minimum atomic E-state index is -0.0458. The molecule has 4 aromatic rings. The Morgan fingerprint density at radius 3 is 2.17 bits per heavy atom. The van der Waals surface area contributed by atoms with Crippen LogP contribution in [0.5, 0.6) is 0 Å². The number of amidine groups is 1. The van der Waals surface area contributed by atoms with E-state index in [2.05, 4.69) is 68.8 Å². The maximum Gasteiger partial charge on any atom is 0.271 e. The molecule has 0 N–H and O–H groups in total. The molecule has 35 heavy (non-hydrogen) atoms. The number of thioether (sulfide) groups is 1. The van der Waals surface area contributed by atoms with E-state index in [1.54, 1.807) is 4.90 Å². The van der Waals surface area contributed by atoms with Gasteiger partial charge in [0.15, 0.2) is 5.17 Å². The number of amides is 1. The fraction of sp³-hybridized carbons (Fsp3) is 0.200. The fourth-order valence-corrected chi connectivity index (χ4v) is 5.42. The van der Waals surface area contributed by atoms with E-state index in [9.17, 15) is 4.79 Å². The van der Waals surface area contributed by atoms with Gasteiger partial charge in [-0.2, -0.15) is 0 Å². The third-order valence-electron chi connectivity index (χ3n) is 6.70. The summed E-state index contributed by atoms with van der Waals surface area (Å²) in [5.41, 5.74) is 7.55. The Kier molecular flexibility index (Phi) is 6.35. The van der Waals surface area contributed by atoms with Crippen LogP contribution in [-0.2, 0) is 24.7 Å². The number of aromatic nitrogens is 1. The topological polar surface area (TPSA) is 37.6 Å². The zero-order valence-corrected chi connectivity index (χ0v) is 21.4. The number of hydrogen-bond donors (Lipinski definition) is 0. The Bertz CT molecular complexity index is 1460. The number of aliphatic imine (C=N–C) groups is 1. The Balaban J connectivity index is 1.61. The van der Waals surface area contributed by atoms with Crippen molar-refractivity contribution < 1.29 is 4.79 Å². The molecule has 0 saturated carbocycles. The molecule has 3 aromatic carbocycles. The number of carbonyl (C=O) groups is 1. The first kappa shape index (κ1) is 23.2. The van der Waals surface area contributed by atoms with Crippen LogP contribution in [0.15, 0.2) is 82.7 Å². The number of hydrogen-bond acceptors (Lipinski definition) is 3. The van der Waals surface area contributed by atoms with E-state index in [0.717, 1.165) is 46.4 Å². The Labute approximate surface area is 211 Å². The Morgan fingerprint density at radius 2 is 1.51 bits per heavy atom. The molecule has 1 amide bonds. The van der Waals surface area contributed by atoms with E-state index in [4.69, 9.17) is 4.99 Å². The SMILES string of the molecule is CCc1ccc(N=C2S/C(=C\c3c(C)n(C)c4ccccc34)C(=O)N2c2ccc(CC)cc2)cc1. The number of fused-ring (bicyclic) bond motifs is 1. The number of anilines is 1. The number of rotatable bonds is 5. The second-order valence-corrected chi connectivity index (χ2v) is 9.77. The highest BCUT2D eigenvalue weighted by Crippen LogP contribution is 2.39. The van der Waals surface area contributed by atoms with E-state index >= 15 is 0 Å². The molecule has 0 aliphatic carbocycles. The first-order valence-electron chi connectivity index (χ1n) is 12.0. The Hall–Kier alpha value is -3.57. The average molecular weight is 480 g/mol. The number of aryl methyl sites for hydroxylation is 3. The lowest BCUT2D eigenvalue weighted by Gasteiger charge is -2.16. The molecule has 0 spiro atoms. The molecule has 1 aliphatic heterocycles. The molecular weight excluding hydrogens is 450 g/mol. The fourth-order valence-electron chi connectivity index (χ4n) is 4.44. The molecule has 176 valence electrons. The zero-order chi connectivity index (χ0) is 24.5. The largest absolute Gasteiger partial charge is 0.347 e. The summed E-state index contributed by atoms with van der Waals surface area (Å²) in [5, 5.41) is 1.82. The van der Waals surface area contributed by atoms with Crippen LogP contribution in [0, 0.1) is 6.92 Å². The summed E-state index contributed by atoms with van der Waals surface area (Å²) in [6.45, 7) is 6.37. The van der Waals surface area contributed by atoms with E-state index in [1.807, 2.05) is 42.5 Å². The number of para-hydroxylation sites is 1. The monoisotopic (exact) mass is 479 g/mol. The van der Waals surface area contributed by atoms with Gasteiger partial charge in [-0.05, 0) is 79.1 Å². The van der Waals surface area contributed by atoms with Crippen LogP contribution < -0.4 is 4.90 Å². The molecule has 0 atom stereocenters. The van der Waals surface area contributed by atoms with Crippen molar-refractivity contribution in [2.45, 2.75) is 33.6 Å². The molecule has 2 heterocycles. The third-order valence-corrected chi connectivity index (χ3v) is 7.67. The first-order chi connectivity index (χ1) is 17.0. The van der Waals surface area contributed by atoms with Crippen molar-refractivity contribution in [3.8, 4) is 0 Å². The molecule has 4 nitrogen and oxygen atoms in total. The highest BCUT2D eigenvalue weighted by Gasteiger charge is 2.35. The van der Waals surface area contributed by atoms with Crippen molar-refractivity contribution in [1.82, 2.24) is 4.57 Å². The van der Waals surface area contributed by atoms with Gasteiger partial charge < -0.3 is 4.57 Å². The van der Waals surface area contributed by atoms with Crippen molar-refractivity contribution in [3.05, 3.63) is 100 Å². The molecule has 1 fully saturated rings. The molecule has 5 heteroatoms. The summed E-state index contributed by atoms with van der Waals surface area (Å²) in [7, 11) is 2.07. The minimum Gasteiger partial charge on any atom is -0.347 e. The van der Waals surface area contributed by atoms with Gasteiger partial charge in [0, 0.05) is 29.2 Å². The van der Waals surface area contributed by atoms with Crippen LogP contribution in [0.2, 0.25) is 0 Å². The summed E-state index contributed by atoms with van der Waals surface area (Å²) in [4.78, 5) is 21.1. The van der Waals surface area contributed by atoms with Gasteiger partial charge in [-0.1, -0.05) is 56.3 Å². The van der Waals surface area contributed by atoms with Crippen LogP contribution in [0.3, 0.4) is 0 Å². The maximum absolute atomic E-state index is 13.8. The van der Waals surface area contributed by atoms with Crippen LogP contribution in [0.25, 0.3) is 17.0 Å². The van der Waals surface area contributed by atoms with Crippen LogP contribution in [0.1, 0.15) is 36.2 Å². The lowest BCUT2D eigenvalue weighted by Crippen LogP contribution is -2.28. The molecule has 0 radical (unpaired) electrons. The molecule has 5 rings (SSSR count). The van der Waals surface area contributed by atoms with Crippen LogP contribution in [-0.4, -0.2) is 15.6 Å². The molecule has 1 saturated heterocycles. The summed E-state index contributed by atoms with van der Waals surface area (Å²) < 4.78 is 2.18. The lowest BCUT2D eigenvalue weighted by molar-refractivity contribution is -0.113. The van der Waals surface area contributed by atoms with Gasteiger partial charge in [0.05, 0.1) is 16.3 Å². The number of carbonyl (C=O) groups excluding carboxylic acids is 1. The predicted octanol–water partition coefficient (Wildman–Crippen LogP) is 7.42. The Morgan fingerprint density at radius 1 is 0.886 bits per heavy atom. The quantitative estimate of drug-likeness (QED) is 0.279. The normalized spacial score (nSPS) is 16.2. The smallest absolute Gasteiger partial charge is 0.271 e. The molecular formula is C30H29N3OS. The molecule has 0 unspecified atom stereocenters.